The van der Waals surface area contributed by atoms with Crippen LogP contribution in [0.1, 0.15) is 23.4 Å². The molecule has 0 aliphatic heterocycles. The molecule has 3 rings (SSSR count). The molecular formula is C17H14N2S. The van der Waals surface area contributed by atoms with Crippen molar-refractivity contribution < 1.29 is 0 Å². The van der Waals surface area contributed by atoms with E-state index in [0.29, 0.717) is 5.56 Å². The molecule has 0 aliphatic rings. The first-order valence-corrected chi connectivity index (χ1v) is 7.33. The second-order valence-electron chi connectivity index (χ2n) is 4.75. The highest BCUT2D eigenvalue weighted by atomic mass is 32.1. The maximum absolute atomic E-state index is 8.93. The number of hydrogen-bond donors (Lipinski definition) is 1. The number of fused-ring (bicyclic) bond motifs is 1. The van der Waals surface area contributed by atoms with Crippen molar-refractivity contribution in [1.82, 2.24) is 0 Å². The quantitative estimate of drug-likeness (QED) is 0.736. The van der Waals surface area contributed by atoms with Crippen molar-refractivity contribution in [2.45, 2.75) is 13.0 Å². The van der Waals surface area contributed by atoms with E-state index in [2.05, 4.69) is 48.6 Å². The lowest BCUT2D eigenvalue weighted by Gasteiger charge is -2.13. The summed E-state index contributed by atoms with van der Waals surface area (Å²) in [7, 11) is 0. The first kappa shape index (κ1) is 12.7. The Balaban J connectivity index is 1.85. The molecule has 1 atom stereocenters. The number of benzene rings is 2. The Kier molecular flexibility index (Phi) is 3.41. The highest BCUT2D eigenvalue weighted by molar-refractivity contribution is 7.19. The number of thiophene rings is 1. The number of nitrogens with one attached hydrogen (secondary N) is 1. The molecule has 0 saturated carbocycles. The summed E-state index contributed by atoms with van der Waals surface area (Å²) in [5, 5.41) is 13.7. The summed E-state index contributed by atoms with van der Waals surface area (Å²) in [6.45, 7) is 2.14. The Morgan fingerprint density at radius 1 is 1.10 bits per heavy atom. The summed E-state index contributed by atoms with van der Waals surface area (Å²) in [5.41, 5.74) is 1.66. The van der Waals surface area contributed by atoms with E-state index in [-0.39, 0.29) is 6.04 Å². The molecule has 0 aliphatic carbocycles. The van der Waals surface area contributed by atoms with Crippen molar-refractivity contribution in [2.75, 3.05) is 5.32 Å². The molecule has 2 nitrogen and oxygen atoms in total. The number of rotatable bonds is 3. The fourth-order valence-corrected chi connectivity index (χ4v) is 3.28. The van der Waals surface area contributed by atoms with E-state index in [0.717, 1.165) is 5.69 Å². The van der Waals surface area contributed by atoms with Gasteiger partial charge in [-0.25, -0.2) is 0 Å². The molecule has 1 N–H and O–H groups in total. The lowest BCUT2D eigenvalue weighted by molar-refractivity contribution is 0.909. The van der Waals surface area contributed by atoms with Crippen molar-refractivity contribution in [3.8, 4) is 6.07 Å². The van der Waals surface area contributed by atoms with Gasteiger partial charge in [-0.3, -0.25) is 0 Å². The van der Waals surface area contributed by atoms with E-state index in [4.69, 9.17) is 5.26 Å². The lowest BCUT2D eigenvalue weighted by atomic mass is 10.2. The molecule has 0 saturated heterocycles. The maximum atomic E-state index is 8.93. The average molecular weight is 278 g/mol. The van der Waals surface area contributed by atoms with Gasteiger partial charge in [-0.2, -0.15) is 5.26 Å². The van der Waals surface area contributed by atoms with Crippen LogP contribution in [-0.4, -0.2) is 0 Å². The van der Waals surface area contributed by atoms with Gasteiger partial charge >= 0.3 is 0 Å². The second kappa shape index (κ2) is 5.36. The van der Waals surface area contributed by atoms with Crippen molar-refractivity contribution in [1.29, 1.82) is 5.26 Å². The molecule has 1 unspecified atom stereocenters. The molecule has 2 aromatic carbocycles. The SMILES string of the molecule is CC(Nc1cccc(C#N)c1)c1cc2ccccc2s1. The standard InChI is InChI=1S/C17H14N2S/c1-12(19-15-7-4-5-13(9-15)11-18)17-10-14-6-2-3-8-16(14)20-17/h2-10,12,19H,1H3. The second-order valence-corrected chi connectivity index (χ2v) is 5.86. The molecular weight excluding hydrogens is 264 g/mol. The van der Waals surface area contributed by atoms with E-state index in [1.807, 2.05) is 35.6 Å². The molecule has 3 heteroatoms. The number of hydrogen-bond acceptors (Lipinski definition) is 3. The van der Waals surface area contributed by atoms with Gasteiger partial charge in [-0.05, 0) is 42.6 Å². The van der Waals surface area contributed by atoms with Crippen molar-refractivity contribution in [3.05, 3.63) is 65.0 Å². The van der Waals surface area contributed by atoms with Gasteiger partial charge in [0.15, 0.2) is 0 Å². The van der Waals surface area contributed by atoms with Gasteiger partial charge in [-0.1, -0.05) is 24.3 Å². The molecule has 0 spiro atoms. The number of anilines is 1. The van der Waals surface area contributed by atoms with E-state index in [9.17, 15) is 0 Å². The van der Waals surface area contributed by atoms with Crippen LogP contribution in [-0.2, 0) is 0 Å². The first-order valence-electron chi connectivity index (χ1n) is 6.51. The van der Waals surface area contributed by atoms with Crippen LogP contribution in [0.3, 0.4) is 0 Å². The Hall–Kier alpha value is -2.31. The van der Waals surface area contributed by atoms with Gasteiger partial charge in [0.1, 0.15) is 0 Å². The van der Waals surface area contributed by atoms with Gasteiger partial charge < -0.3 is 5.32 Å². The fraction of sp³-hybridized carbons (Fsp3) is 0.118. The Bertz CT molecular complexity index is 750. The Morgan fingerprint density at radius 2 is 1.95 bits per heavy atom. The highest BCUT2D eigenvalue weighted by Gasteiger charge is 2.09. The van der Waals surface area contributed by atoms with Crippen LogP contribution in [0.25, 0.3) is 10.1 Å². The average Bonchev–Trinajstić information content (AvgIpc) is 2.91. The van der Waals surface area contributed by atoms with Gasteiger partial charge in [0.25, 0.3) is 0 Å². The topological polar surface area (TPSA) is 35.8 Å². The summed E-state index contributed by atoms with van der Waals surface area (Å²) in [6, 6.07) is 20.6. The van der Waals surface area contributed by atoms with E-state index in [1.54, 1.807) is 0 Å². The summed E-state index contributed by atoms with van der Waals surface area (Å²) >= 11 is 1.81. The Labute approximate surface area is 122 Å². The van der Waals surface area contributed by atoms with Gasteiger partial charge in [0.05, 0.1) is 17.7 Å². The molecule has 20 heavy (non-hydrogen) atoms. The summed E-state index contributed by atoms with van der Waals surface area (Å²) in [4.78, 5) is 1.30. The monoisotopic (exact) mass is 278 g/mol. The third kappa shape index (κ3) is 2.52. The summed E-state index contributed by atoms with van der Waals surface area (Å²) in [5.74, 6) is 0. The van der Waals surface area contributed by atoms with Crippen LogP contribution in [0, 0.1) is 11.3 Å². The van der Waals surface area contributed by atoms with E-state index >= 15 is 0 Å². The van der Waals surface area contributed by atoms with E-state index in [1.165, 1.54) is 15.0 Å². The summed E-state index contributed by atoms with van der Waals surface area (Å²) < 4.78 is 1.31. The van der Waals surface area contributed by atoms with Crippen LogP contribution in [0.4, 0.5) is 5.69 Å². The normalized spacial score (nSPS) is 12.0. The zero-order valence-corrected chi connectivity index (χ0v) is 11.9. The molecule has 0 bridgehead atoms. The third-order valence-corrected chi connectivity index (χ3v) is 4.55. The van der Waals surface area contributed by atoms with Crippen molar-refractivity contribution >= 4 is 27.1 Å². The predicted octanol–water partition coefficient (Wildman–Crippen LogP) is 4.95. The van der Waals surface area contributed by atoms with Gasteiger partial charge in [0, 0.05) is 15.3 Å². The minimum Gasteiger partial charge on any atom is -0.378 e. The summed E-state index contributed by atoms with van der Waals surface area (Å²) in [6.07, 6.45) is 0. The minimum absolute atomic E-state index is 0.223. The van der Waals surface area contributed by atoms with Gasteiger partial charge in [-0.15, -0.1) is 11.3 Å². The molecule has 0 amide bonds. The van der Waals surface area contributed by atoms with Gasteiger partial charge in [0.2, 0.25) is 0 Å². The maximum Gasteiger partial charge on any atom is 0.0992 e. The van der Waals surface area contributed by atoms with Crippen LogP contribution in [0.15, 0.2) is 54.6 Å². The third-order valence-electron chi connectivity index (χ3n) is 3.25. The van der Waals surface area contributed by atoms with Crippen LogP contribution in [0.2, 0.25) is 0 Å². The molecule has 3 aromatic rings. The van der Waals surface area contributed by atoms with Crippen molar-refractivity contribution in [3.63, 3.8) is 0 Å². The molecule has 0 radical (unpaired) electrons. The lowest BCUT2D eigenvalue weighted by Crippen LogP contribution is -2.04. The molecule has 1 aromatic heterocycles. The first-order chi connectivity index (χ1) is 9.76. The van der Waals surface area contributed by atoms with Crippen LogP contribution in [0.5, 0.6) is 0 Å². The predicted molar refractivity (Wildman–Crippen MR) is 85.0 cm³/mol. The fourth-order valence-electron chi connectivity index (χ4n) is 2.22. The largest absolute Gasteiger partial charge is 0.378 e. The highest BCUT2D eigenvalue weighted by Crippen LogP contribution is 2.31. The van der Waals surface area contributed by atoms with E-state index < -0.39 is 0 Å². The molecule has 0 fully saturated rings. The number of nitrogens with zero attached hydrogens (tertiary/aromatic N) is 1. The van der Waals surface area contributed by atoms with Crippen LogP contribution < -0.4 is 5.32 Å². The molecule has 98 valence electrons. The Morgan fingerprint density at radius 3 is 2.75 bits per heavy atom. The zero-order valence-electron chi connectivity index (χ0n) is 11.1. The smallest absolute Gasteiger partial charge is 0.0992 e. The zero-order chi connectivity index (χ0) is 13.9. The number of nitriles is 1. The van der Waals surface area contributed by atoms with Crippen LogP contribution >= 0.6 is 11.3 Å². The van der Waals surface area contributed by atoms with Crippen molar-refractivity contribution in [2.24, 2.45) is 0 Å². The molecule has 1 heterocycles. The minimum atomic E-state index is 0.223.